The van der Waals surface area contributed by atoms with Crippen LogP contribution in [0.1, 0.15) is 22.7 Å². The smallest absolute Gasteiger partial charge is 0.271 e. The molecule has 188 valence electrons. The second-order valence-corrected chi connectivity index (χ2v) is 10.3. The second kappa shape index (κ2) is 11.0. The number of nitrogens with zero attached hydrogens (tertiary/aromatic N) is 2. The van der Waals surface area contributed by atoms with E-state index in [1.165, 1.54) is 30.3 Å². The number of benzene rings is 4. The van der Waals surface area contributed by atoms with Crippen LogP contribution in [0.25, 0.3) is 0 Å². The number of aryl methyl sites for hydroxylation is 1. The predicted octanol–water partition coefficient (Wildman–Crippen LogP) is 5.00. The van der Waals surface area contributed by atoms with Crippen LogP contribution in [0, 0.1) is 17.0 Å². The average Bonchev–Trinajstić information content (AvgIpc) is 2.91. The lowest BCUT2D eigenvalue weighted by atomic mass is 9.97. The van der Waals surface area contributed by atoms with Crippen LogP contribution in [0.2, 0.25) is 0 Å². The highest BCUT2D eigenvalue weighted by molar-refractivity contribution is 7.92. The molecule has 4 aromatic carbocycles. The highest BCUT2D eigenvalue weighted by Crippen LogP contribution is 2.28. The predicted molar refractivity (Wildman–Crippen MR) is 142 cm³/mol. The fourth-order valence-electron chi connectivity index (χ4n) is 3.99. The van der Waals surface area contributed by atoms with Gasteiger partial charge in [0.25, 0.3) is 15.7 Å². The first kappa shape index (κ1) is 25.6. The number of rotatable bonds is 9. The third-order valence-corrected chi connectivity index (χ3v) is 7.55. The summed E-state index contributed by atoms with van der Waals surface area (Å²) in [5, 5.41) is 14.3. The van der Waals surface area contributed by atoms with E-state index in [0.29, 0.717) is 0 Å². The molecule has 0 aliphatic rings. The van der Waals surface area contributed by atoms with Gasteiger partial charge in [-0.25, -0.2) is 8.42 Å². The molecule has 0 saturated carbocycles. The molecule has 0 aromatic heterocycles. The molecule has 0 heterocycles. The lowest BCUT2D eigenvalue weighted by Gasteiger charge is -2.26. The maximum atomic E-state index is 13.6. The molecule has 8 nitrogen and oxygen atoms in total. The monoisotopic (exact) mass is 515 g/mol. The minimum atomic E-state index is -4.21. The molecule has 0 radical (unpaired) electrons. The molecular formula is C28H25N3O5S. The molecule has 1 amide bonds. The van der Waals surface area contributed by atoms with E-state index >= 15 is 0 Å². The Morgan fingerprint density at radius 2 is 1.49 bits per heavy atom. The van der Waals surface area contributed by atoms with Crippen molar-refractivity contribution in [3.63, 3.8) is 0 Å². The highest BCUT2D eigenvalue weighted by atomic mass is 32.2. The van der Waals surface area contributed by atoms with Crippen molar-refractivity contribution < 1.29 is 18.1 Å². The Labute approximate surface area is 215 Å². The summed E-state index contributed by atoms with van der Waals surface area (Å²) in [6.45, 7) is 1.37. The number of hydrogen-bond donors (Lipinski definition) is 1. The lowest BCUT2D eigenvalue weighted by molar-refractivity contribution is -0.384. The molecule has 1 atom stereocenters. The highest BCUT2D eigenvalue weighted by Gasteiger charge is 2.29. The molecule has 4 aromatic rings. The maximum absolute atomic E-state index is 13.6. The van der Waals surface area contributed by atoms with E-state index in [-0.39, 0.29) is 16.3 Å². The van der Waals surface area contributed by atoms with Gasteiger partial charge in [0, 0.05) is 12.1 Å². The van der Waals surface area contributed by atoms with Crippen molar-refractivity contribution in [1.82, 2.24) is 5.32 Å². The van der Waals surface area contributed by atoms with E-state index in [1.54, 1.807) is 18.2 Å². The quantitative estimate of drug-likeness (QED) is 0.249. The number of carbonyl (C=O) groups is 1. The van der Waals surface area contributed by atoms with Gasteiger partial charge in [0.05, 0.1) is 21.5 Å². The van der Waals surface area contributed by atoms with Crippen molar-refractivity contribution in [2.24, 2.45) is 0 Å². The van der Waals surface area contributed by atoms with Crippen molar-refractivity contribution in [2.75, 3.05) is 10.8 Å². The fourth-order valence-corrected chi connectivity index (χ4v) is 5.42. The molecule has 0 spiro atoms. The van der Waals surface area contributed by atoms with Crippen molar-refractivity contribution in [1.29, 1.82) is 0 Å². The number of amides is 1. The van der Waals surface area contributed by atoms with E-state index in [9.17, 15) is 23.3 Å². The molecule has 4 rings (SSSR count). The zero-order valence-electron chi connectivity index (χ0n) is 20.0. The lowest BCUT2D eigenvalue weighted by Crippen LogP contribution is -2.42. The van der Waals surface area contributed by atoms with Gasteiger partial charge >= 0.3 is 0 Å². The summed E-state index contributed by atoms with van der Waals surface area (Å²) in [4.78, 5) is 24.1. The Balaban J connectivity index is 1.71. The first-order valence-corrected chi connectivity index (χ1v) is 12.9. The van der Waals surface area contributed by atoms with Gasteiger partial charge in [0.1, 0.15) is 6.54 Å². The minimum absolute atomic E-state index is 0.0139. The van der Waals surface area contributed by atoms with Crippen molar-refractivity contribution >= 4 is 27.3 Å². The Morgan fingerprint density at radius 1 is 0.865 bits per heavy atom. The molecule has 0 aliphatic heterocycles. The number of nitrogens with one attached hydrogen (secondary N) is 1. The van der Waals surface area contributed by atoms with Gasteiger partial charge in [0.2, 0.25) is 5.91 Å². The Kier molecular flexibility index (Phi) is 7.64. The van der Waals surface area contributed by atoms with Gasteiger partial charge in [-0.15, -0.1) is 0 Å². The van der Waals surface area contributed by atoms with Crippen LogP contribution in [-0.4, -0.2) is 25.8 Å². The molecule has 0 aliphatic carbocycles. The first-order valence-electron chi connectivity index (χ1n) is 11.5. The fraction of sp³-hybridized carbons (Fsp3) is 0.107. The molecule has 0 saturated heterocycles. The van der Waals surface area contributed by atoms with Crippen LogP contribution in [0.4, 0.5) is 11.4 Å². The van der Waals surface area contributed by atoms with Crippen LogP contribution < -0.4 is 9.62 Å². The van der Waals surface area contributed by atoms with Crippen LogP contribution in [0.3, 0.4) is 0 Å². The van der Waals surface area contributed by atoms with Gasteiger partial charge in [0.15, 0.2) is 0 Å². The Hall–Kier alpha value is -4.50. The standard InChI is InChI=1S/C28H25N3O5S/c1-21-10-8-13-23(18-21)28(22-11-4-2-5-12-22)29-27(32)20-30(24-14-9-15-25(19-24)31(33)34)37(35,36)26-16-6-3-7-17-26/h2-19,28H,20H2,1H3,(H,29,32). The summed E-state index contributed by atoms with van der Waals surface area (Å²) in [6, 6.07) is 29.4. The third-order valence-electron chi connectivity index (χ3n) is 5.76. The number of nitro groups is 1. The van der Waals surface area contributed by atoms with E-state index in [1.807, 2.05) is 61.5 Å². The molecular weight excluding hydrogens is 490 g/mol. The summed E-state index contributed by atoms with van der Waals surface area (Å²) in [5.74, 6) is -0.568. The normalized spacial score (nSPS) is 11.9. The van der Waals surface area contributed by atoms with E-state index in [4.69, 9.17) is 0 Å². The van der Waals surface area contributed by atoms with Gasteiger partial charge in [-0.2, -0.15) is 0 Å². The summed E-state index contributed by atoms with van der Waals surface area (Å²) in [6.07, 6.45) is 0. The molecule has 1 unspecified atom stereocenters. The van der Waals surface area contributed by atoms with Crippen molar-refractivity contribution in [3.8, 4) is 0 Å². The van der Waals surface area contributed by atoms with Crippen molar-refractivity contribution in [2.45, 2.75) is 17.9 Å². The van der Waals surface area contributed by atoms with Crippen LogP contribution >= 0.6 is 0 Å². The molecule has 0 bridgehead atoms. The largest absolute Gasteiger partial charge is 0.344 e. The summed E-state index contributed by atoms with van der Waals surface area (Å²) in [5.41, 5.74) is 2.41. The first-order chi connectivity index (χ1) is 17.8. The van der Waals surface area contributed by atoms with E-state index < -0.39 is 33.4 Å². The Morgan fingerprint density at radius 3 is 2.14 bits per heavy atom. The second-order valence-electron chi connectivity index (χ2n) is 8.43. The van der Waals surface area contributed by atoms with Crippen LogP contribution in [0.15, 0.2) is 114 Å². The van der Waals surface area contributed by atoms with Gasteiger partial charge in [-0.3, -0.25) is 19.2 Å². The number of carbonyl (C=O) groups excluding carboxylic acids is 1. The van der Waals surface area contributed by atoms with Gasteiger partial charge in [-0.05, 0) is 36.2 Å². The summed E-state index contributed by atoms with van der Waals surface area (Å²) < 4.78 is 28.1. The van der Waals surface area contributed by atoms with E-state index in [2.05, 4.69) is 5.32 Å². The average molecular weight is 516 g/mol. The van der Waals surface area contributed by atoms with E-state index in [0.717, 1.165) is 27.1 Å². The van der Waals surface area contributed by atoms with Crippen molar-refractivity contribution in [3.05, 3.63) is 136 Å². The van der Waals surface area contributed by atoms with Gasteiger partial charge < -0.3 is 5.32 Å². The zero-order chi connectivity index (χ0) is 26.4. The number of anilines is 1. The third kappa shape index (κ3) is 6.02. The summed E-state index contributed by atoms with van der Waals surface area (Å²) in [7, 11) is -4.21. The minimum Gasteiger partial charge on any atom is -0.344 e. The van der Waals surface area contributed by atoms with Crippen LogP contribution in [-0.2, 0) is 14.8 Å². The number of hydrogen-bond acceptors (Lipinski definition) is 5. The zero-order valence-corrected chi connectivity index (χ0v) is 20.8. The summed E-state index contributed by atoms with van der Waals surface area (Å²) >= 11 is 0. The van der Waals surface area contributed by atoms with Crippen LogP contribution in [0.5, 0.6) is 0 Å². The number of non-ortho nitro benzene ring substituents is 1. The Bertz CT molecular complexity index is 1510. The molecule has 1 N–H and O–H groups in total. The number of sulfonamides is 1. The molecule has 9 heteroatoms. The molecule has 37 heavy (non-hydrogen) atoms. The van der Waals surface area contributed by atoms with Gasteiger partial charge in [-0.1, -0.05) is 84.4 Å². The molecule has 0 fully saturated rings. The topological polar surface area (TPSA) is 110 Å². The number of nitro benzene ring substituents is 1. The SMILES string of the molecule is Cc1cccc(C(NC(=O)CN(c2cccc([N+](=O)[O-])c2)S(=O)(=O)c2ccccc2)c2ccccc2)c1. The maximum Gasteiger partial charge on any atom is 0.271 e.